The Kier molecular flexibility index (Phi) is 5.08. The van der Waals surface area contributed by atoms with Gasteiger partial charge >= 0.3 is 0 Å². The maximum Gasteiger partial charge on any atom is 0.227 e. The molecule has 0 spiro atoms. The van der Waals surface area contributed by atoms with Crippen molar-refractivity contribution in [1.29, 1.82) is 0 Å². The summed E-state index contributed by atoms with van der Waals surface area (Å²) in [4.78, 5) is 6.90. The molecule has 0 saturated carbocycles. The van der Waals surface area contributed by atoms with Gasteiger partial charge in [0.2, 0.25) is 5.89 Å². The molecule has 6 heteroatoms. The van der Waals surface area contributed by atoms with Crippen LogP contribution in [-0.2, 0) is 16.4 Å². The van der Waals surface area contributed by atoms with Crippen molar-refractivity contribution in [2.45, 2.75) is 25.9 Å². The second-order valence-electron chi connectivity index (χ2n) is 7.32. The molecule has 0 aliphatic carbocycles. The van der Waals surface area contributed by atoms with Gasteiger partial charge in [-0.15, -0.1) is 6.58 Å². The fourth-order valence-electron chi connectivity index (χ4n) is 3.87. The number of fused-ring (bicyclic) bond motifs is 1. The fraction of sp³-hybridized carbons (Fsp3) is 0.318. The lowest BCUT2D eigenvalue weighted by Crippen LogP contribution is -2.36. The topological polar surface area (TPSA) is 63.4 Å². The van der Waals surface area contributed by atoms with E-state index in [-0.39, 0.29) is 17.5 Å². The monoisotopic (exact) mass is 396 g/mol. The highest BCUT2D eigenvalue weighted by Crippen LogP contribution is 2.30. The van der Waals surface area contributed by atoms with E-state index in [0.717, 1.165) is 27.8 Å². The maximum absolute atomic E-state index is 11.9. The Balaban J connectivity index is 1.64. The van der Waals surface area contributed by atoms with Gasteiger partial charge in [-0.2, -0.15) is 0 Å². The number of aryl methyl sites for hydroxylation is 1. The quantitative estimate of drug-likeness (QED) is 0.590. The van der Waals surface area contributed by atoms with Gasteiger partial charge in [0.25, 0.3) is 0 Å². The summed E-state index contributed by atoms with van der Waals surface area (Å²) >= 11 is 0. The molecule has 1 atom stereocenters. The number of nitrogens with zero attached hydrogens (tertiary/aromatic N) is 2. The molecule has 1 fully saturated rings. The summed E-state index contributed by atoms with van der Waals surface area (Å²) in [5.41, 5.74) is 1.81. The molecule has 3 aromatic rings. The van der Waals surface area contributed by atoms with E-state index >= 15 is 0 Å². The van der Waals surface area contributed by atoms with Gasteiger partial charge in [0.1, 0.15) is 5.76 Å². The SMILES string of the molecule is C=CCN(Cc1nc(-c2cccc3ccccc23)oc1C)C1CCS(=O)(=O)C1. The van der Waals surface area contributed by atoms with E-state index in [2.05, 4.69) is 29.7 Å². The van der Waals surface area contributed by atoms with Crippen LogP contribution in [0, 0.1) is 6.92 Å². The lowest BCUT2D eigenvalue weighted by atomic mass is 10.0. The average Bonchev–Trinajstić information content (AvgIpc) is 3.23. The maximum atomic E-state index is 11.9. The van der Waals surface area contributed by atoms with Crippen molar-refractivity contribution >= 4 is 20.6 Å². The van der Waals surface area contributed by atoms with Crippen molar-refractivity contribution in [3.8, 4) is 11.5 Å². The third kappa shape index (κ3) is 3.75. The summed E-state index contributed by atoms with van der Waals surface area (Å²) in [5.74, 6) is 1.82. The lowest BCUT2D eigenvalue weighted by Gasteiger charge is -2.25. The highest BCUT2D eigenvalue weighted by atomic mass is 32.2. The summed E-state index contributed by atoms with van der Waals surface area (Å²) in [6.45, 7) is 6.90. The van der Waals surface area contributed by atoms with Crippen LogP contribution >= 0.6 is 0 Å². The van der Waals surface area contributed by atoms with Crippen molar-refractivity contribution in [3.63, 3.8) is 0 Å². The zero-order valence-electron chi connectivity index (χ0n) is 16.0. The summed E-state index contributed by atoms with van der Waals surface area (Å²) in [6.07, 6.45) is 2.47. The van der Waals surface area contributed by atoms with E-state index < -0.39 is 9.84 Å². The molecule has 0 N–H and O–H groups in total. The Hall–Kier alpha value is -2.44. The second-order valence-corrected chi connectivity index (χ2v) is 9.55. The van der Waals surface area contributed by atoms with Gasteiger partial charge in [-0.1, -0.05) is 42.5 Å². The predicted octanol–water partition coefficient (Wildman–Crippen LogP) is 3.98. The molecular weight excluding hydrogens is 372 g/mol. The van der Waals surface area contributed by atoms with Crippen LogP contribution in [0.1, 0.15) is 17.9 Å². The Morgan fingerprint density at radius 2 is 2.04 bits per heavy atom. The van der Waals surface area contributed by atoms with Crippen LogP contribution in [0.25, 0.3) is 22.2 Å². The first-order valence-electron chi connectivity index (χ1n) is 9.46. The molecule has 4 rings (SSSR count). The smallest absolute Gasteiger partial charge is 0.227 e. The summed E-state index contributed by atoms with van der Waals surface area (Å²) in [6, 6.07) is 14.3. The minimum absolute atomic E-state index is 0.0000976. The molecule has 2 heterocycles. The molecular formula is C22H24N2O3S. The molecule has 1 aromatic heterocycles. The first kappa shape index (κ1) is 18.9. The number of aromatic nitrogens is 1. The van der Waals surface area contributed by atoms with E-state index in [0.29, 0.717) is 25.4 Å². The van der Waals surface area contributed by atoms with E-state index in [4.69, 9.17) is 9.40 Å². The number of benzene rings is 2. The summed E-state index contributed by atoms with van der Waals surface area (Å²) in [5, 5.41) is 2.24. The number of hydrogen-bond donors (Lipinski definition) is 0. The van der Waals surface area contributed by atoms with E-state index in [1.165, 1.54) is 0 Å². The fourth-order valence-corrected chi connectivity index (χ4v) is 5.63. The van der Waals surface area contributed by atoms with Crippen molar-refractivity contribution in [1.82, 2.24) is 9.88 Å². The zero-order valence-corrected chi connectivity index (χ0v) is 16.8. The molecule has 0 bridgehead atoms. The van der Waals surface area contributed by atoms with Crippen molar-refractivity contribution in [2.75, 3.05) is 18.1 Å². The minimum Gasteiger partial charge on any atom is -0.441 e. The van der Waals surface area contributed by atoms with Gasteiger partial charge in [0.05, 0.1) is 17.2 Å². The van der Waals surface area contributed by atoms with Gasteiger partial charge < -0.3 is 4.42 Å². The lowest BCUT2D eigenvalue weighted by molar-refractivity contribution is 0.223. The third-order valence-electron chi connectivity index (χ3n) is 5.35. The Labute approximate surface area is 165 Å². The number of hydrogen-bond acceptors (Lipinski definition) is 5. The Bertz CT molecular complexity index is 1110. The van der Waals surface area contributed by atoms with Crippen LogP contribution in [0.3, 0.4) is 0 Å². The average molecular weight is 397 g/mol. The number of rotatable bonds is 6. The molecule has 146 valence electrons. The standard InChI is InChI=1S/C22H24N2O3S/c1-3-12-24(18-11-13-28(25,26)15-18)14-21-16(2)27-22(23-21)20-10-6-8-17-7-4-5-9-19(17)20/h3-10,18H,1,11-15H2,2H3. The Morgan fingerprint density at radius 3 is 2.79 bits per heavy atom. The first-order valence-corrected chi connectivity index (χ1v) is 11.3. The van der Waals surface area contributed by atoms with Crippen LogP contribution in [0.5, 0.6) is 0 Å². The van der Waals surface area contributed by atoms with Crippen LogP contribution in [-0.4, -0.2) is 42.4 Å². The van der Waals surface area contributed by atoms with Gasteiger partial charge in [-0.05, 0) is 30.2 Å². The highest BCUT2D eigenvalue weighted by Gasteiger charge is 2.32. The Morgan fingerprint density at radius 1 is 1.25 bits per heavy atom. The molecule has 2 aromatic carbocycles. The molecule has 5 nitrogen and oxygen atoms in total. The zero-order chi connectivity index (χ0) is 19.7. The van der Waals surface area contributed by atoms with Crippen LogP contribution in [0.15, 0.2) is 59.5 Å². The molecule has 1 saturated heterocycles. The van der Waals surface area contributed by atoms with Gasteiger partial charge in [0, 0.05) is 24.7 Å². The molecule has 1 aliphatic heterocycles. The molecule has 0 amide bonds. The van der Waals surface area contributed by atoms with E-state index in [1.807, 2.05) is 37.3 Å². The van der Waals surface area contributed by atoms with Crippen LogP contribution < -0.4 is 0 Å². The van der Waals surface area contributed by atoms with Crippen molar-refractivity contribution in [2.24, 2.45) is 0 Å². The molecule has 28 heavy (non-hydrogen) atoms. The van der Waals surface area contributed by atoms with Gasteiger partial charge in [0.15, 0.2) is 9.84 Å². The first-order chi connectivity index (χ1) is 13.5. The van der Waals surface area contributed by atoms with Gasteiger partial charge in [-0.25, -0.2) is 13.4 Å². The van der Waals surface area contributed by atoms with Crippen molar-refractivity contribution < 1.29 is 12.8 Å². The number of oxazole rings is 1. The van der Waals surface area contributed by atoms with E-state index in [9.17, 15) is 8.42 Å². The van der Waals surface area contributed by atoms with Crippen LogP contribution in [0.2, 0.25) is 0 Å². The van der Waals surface area contributed by atoms with Crippen LogP contribution in [0.4, 0.5) is 0 Å². The molecule has 0 radical (unpaired) electrons. The number of sulfone groups is 1. The van der Waals surface area contributed by atoms with Crippen molar-refractivity contribution in [3.05, 3.63) is 66.6 Å². The van der Waals surface area contributed by atoms with E-state index in [1.54, 1.807) is 0 Å². The molecule has 1 aliphatic rings. The predicted molar refractivity (Wildman–Crippen MR) is 112 cm³/mol. The minimum atomic E-state index is -2.94. The second kappa shape index (κ2) is 7.53. The largest absolute Gasteiger partial charge is 0.441 e. The molecule has 1 unspecified atom stereocenters. The summed E-state index contributed by atoms with van der Waals surface area (Å²) < 4.78 is 29.8. The highest BCUT2D eigenvalue weighted by molar-refractivity contribution is 7.91. The normalized spacial score (nSPS) is 18.7. The summed E-state index contributed by atoms with van der Waals surface area (Å²) in [7, 11) is -2.94. The van der Waals surface area contributed by atoms with Gasteiger partial charge in [-0.3, -0.25) is 4.90 Å². The third-order valence-corrected chi connectivity index (χ3v) is 7.10.